The predicted molar refractivity (Wildman–Crippen MR) is 94.6 cm³/mol. The van der Waals surface area contributed by atoms with Crippen LogP contribution in [0.5, 0.6) is 5.75 Å². The number of benzene rings is 1. The van der Waals surface area contributed by atoms with Crippen LogP contribution in [-0.2, 0) is 13.2 Å². The average Bonchev–Trinajstić information content (AvgIpc) is 3.16. The van der Waals surface area contributed by atoms with Crippen LogP contribution in [0.2, 0.25) is 0 Å². The van der Waals surface area contributed by atoms with Crippen molar-refractivity contribution in [2.75, 3.05) is 31.1 Å². The van der Waals surface area contributed by atoms with Crippen molar-refractivity contribution < 1.29 is 9.15 Å². The van der Waals surface area contributed by atoms with Gasteiger partial charge in [0.25, 0.3) is 5.89 Å². The van der Waals surface area contributed by atoms with Crippen molar-refractivity contribution in [2.45, 2.75) is 13.2 Å². The van der Waals surface area contributed by atoms with Crippen LogP contribution in [-0.4, -0.2) is 51.2 Å². The summed E-state index contributed by atoms with van der Waals surface area (Å²) in [5.74, 6) is 2.66. The lowest BCUT2D eigenvalue weighted by molar-refractivity contribution is 0.213. The fourth-order valence-corrected chi connectivity index (χ4v) is 2.82. The molecule has 0 radical (unpaired) electrons. The van der Waals surface area contributed by atoms with Gasteiger partial charge in [-0.3, -0.25) is 4.90 Å². The normalized spacial score (nSPS) is 15.2. The van der Waals surface area contributed by atoms with Crippen LogP contribution >= 0.6 is 0 Å². The number of para-hydroxylation sites is 1. The Morgan fingerprint density at radius 3 is 2.38 bits per heavy atom. The van der Waals surface area contributed by atoms with Crippen molar-refractivity contribution in [1.29, 1.82) is 0 Å². The number of ether oxygens (including phenoxy) is 1. The highest BCUT2D eigenvalue weighted by Crippen LogP contribution is 2.14. The fourth-order valence-electron chi connectivity index (χ4n) is 2.82. The zero-order valence-corrected chi connectivity index (χ0v) is 14.4. The van der Waals surface area contributed by atoms with Crippen molar-refractivity contribution in [3.05, 3.63) is 60.6 Å². The molecule has 1 fully saturated rings. The minimum absolute atomic E-state index is 0.274. The van der Waals surface area contributed by atoms with E-state index >= 15 is 0 Å². The first kappa shape index (κ1) is 16.5. The highest BCUT2D eigenvalue weighted by atomic mass is 16.5. The van der Waals surface area contributed by atoms with Crippen LogP contribution in [0.25, 0.3) is 0 Å². The molecule has 26 heavy (non-hydrogen) atoms. The van der Waals surface area contributed by atoms with E-state index in [0.717, 1.165) is 37.9 Å². The summed E-state index contributed by atoms with van der Waals surface area (Å²) < 4.78 is 11.3. The van der Waals surface area contributed by atoms with Crippen LogP contribution in [0.15, 0.2) is 53.2 Å². The maximum absolute atomic E-state index is 5.69. The van der Waals surface area contributed by atoms with Crippen molar-refractivity contribution >= 4 is 5.95 Å². The van der Waals surface area contributed by atoms with Crippen LogP contribution < -0.4 is 9.64 Å². The molecule has 0 saturated carbocycles. The Balaban J connectivity index is 1.26. The van der Waals surface area contributed by atoms with E-state index in [4.69, 9.17) is 9.15 Å². The van der Waals surface area contributed by atoms with E-state index in [0.29, 0.717) is 18.3 Å². The Kier molecular flexibility index (Phi) is 5.02. The third-order valence-corrected chi connectivity index (χ3v) is 4.18. The van der Waals surface area contributed by atoms with Gasteiger partial charge in [0, 0.05) is 38.6 Å². The first-order valence-electron chi connectivity index (χ1n) is 8.60. The average molecular weight is 352 g/mol. The second-order valence-electron chi connectivity index (χ2n) is 6.00. The van der Waals surface area contributed by atoms with Gasteiger partial charge in [0.1, 0.15) is 5.75 Å². The molecular formula is C18H20N6O2. The number of rotatable bonds is 6. The molecule has 1 aliphatic heterocycles. The van der Waals surface area contributed by atoms with Crippen LogP contribution in [0.4, 0.5) is 5.95 Å². The summed E-state index contributed by atoms with van der Waals surface area (Å²) in [7, 11) is 0. The number of hydrogen-bond donors (Lipinski definition) is 0. The molecule has 0 spiro atoms. The van der Waals surface area contributed by atoms with Gasteiger partial charge in [-0.15, -0.1) is 10.2 Å². The van der Waals surface area contributed by atoms with Crippen molar-refractivity contribution in [3.8, 4) is 5.75 Å². The van der Waals surface area contributed by atoms with Crippen LogP contribution in [0.3, 0.4) is 0 Å². The summed E-state index contributed by atoms with van der Waals surface area (Å²) in [4.78, 5) is 13.1. The predicted octanol–water partition coefficient (Wildman–Crippen LogP) is 1.76. The van der Waals surface area contributed by atoms with Gasteiger partial charge in [0.2, 0.25) is 11.8 Å². The Hall–Kier alpha value is -3.00. The standard InChI is InChI=1S/C18H20N6O2/c1-2-5-15(6-3-1)25-14-17-22-21-16(26-17)13-23-9-11-24(12-10-23)18-19-7-4-8-20-18/h1-8H,9-14H2. The SMILES string of the molecule is c1ccc(OCc2nnc(CN3CCN(c4ncccn4)CC3)o2)cc1. The molecule has 8 heteroatoms. The van der Waals surface area contributed by atoms with Gasteiger partial charge in [-0.2, -0.15) is 0 Å². The third-order valence-electron chi connectivity index (χ3n) is 4.18. The second-order valence-corrected chi connectivity index (χ2v) is 6.00. The summed E-state index contributed by atoms with van der Waals surface area (Å²) in [6, 6.07) is 11.4. The third kappa shape index (κ3) is 4.15. The van der Waals surface area contributed by atoms with E-state index in [1.807, 2.05) is 36.4 Å². The van der Waals surface area contributed by atoms with Gasteiger partial charge in [-0.25, -0.2) is 9.97 Å². The second kappa shape index (κ2) is 7.92. The molecule has 134 valence electrons. The maximum atomic E-state index is 5.69. The molecule has 2 aromatic heterocycles. The molecule has 1 saturated heterocycles. The first-order chi connectivity index (χ1) is 12.9. The molecule has 0 unspecified atom stereocenters. The van der Waals surface area contributed by atoms with E-state index in [1.165, 1.54) is 0 Å². The van der Waals surface area contributed by atoms with Gasteiger partial charge in [-0.05, 0) is 18.2 Å². The Morgan fingerprint density at radius 1 is 0.885 bits per heavy atom. The lowest BCUT2D eigenvalue weighted by atomic mass is 10.3. The molecule has 0 bridgehead atoms. The minimum atomic E-state index is 0.274. The lowest BCUT2D eigenvalue weighted by Crippen LogP contribution is -2.46. The number of piperazine rings is 1. The van der Waals surface area contributed by atoms with Crippen molar-refractivity contribution in [1.82, 2.24) is 25.1 Å². The summed E-state index contributed by atoms with van der Waals surface area (Å²) in [5, 5.41) is 8.18. The van der Waals surface area contributed by atoms with Crippen molar-refractivity contribution in [2.24, 2.45) is 0 Å². The molecular weight excluding hydrogens is 332 g/mol. The topological polar surface area (TPSA) is 80.4 Å². The minimum Gasteiger partial charge on any atom is -0.484 e. The van der Waals surface area contributed by atoms with E-state index in [2.05, 4.69) is 30.0 Å². The number of anilines is 1. The summed E-state index contributed by atoms with van der Waals surface area (Å²) >= 11 is 0. The smallest absolute Gasteiger partial charge is 0.253 e. The highest BCUT2D eigenvalue weighted by molar-refractivity contribution is 5.29. The first-order valence-corrected chi connectivity index (χ1v) is 8.60. The monoisotopic (exact) mass is 352 g/mol. The molecule has 1 aliphatic rings. The van der Waals surface area contributed by atoms with E-state index in [9.17, 15) is 0 Å². The molecule has 0 N–H and O–H groups in total. The number of aromatic nitrogens is 4. The van der Waals surface area contributed by atoms with Gasteiger partial charge < -0.3 is 14.1 Å². The fraction of sp³-hybridized carbons (Fsp3) is 0.333. The molecule has 1 aromatic carbocycles. The van der Waals surface area contributed by atoms with Gasteiger partial charge in [0.15, 0.2) is 6.61 Å². The molecule has 0 amide bonds. The molecule has 4 rings (SSSR count). The van der Waals surface area contributed by atoms with Gasteiger partial charge in [0.05, 0.1) is 6.54 Å². The highest BCUT2D eigenvalue weighted by Gasteiger charge is 2.20. The zero-order chi connectivity index (χ0) is 17.6. The van der Waals surface area contributed by atoms with E-state index < -0.39 is 0 Å². The van der Waals surface area contributed by atoms with Crippen molar-refractivity contribution in [3.63, 3.8) is 0 Å². The summed E-state index contributed by atoms with van der Waals surface area (Å²) in [6.07, 6.45) is 3.54. The van der Waals surface area contributed by atoms with Crippen LogP contribution in [0.1, 0.15) is 11.8 Å². The van der Waals surface area contributed by atoms with Gasteiger partial charge in [-0.1, -0.05) is 18.2 Å². The van der Waals surface area contributed by atoms with Gasteiger partial charge >= 0.3 is 0 Å². The Labute approximate surface area is 151 Å². The van der Waals surface area contributed by atoms with Crippen LogP contribution in [0, 0.1) is 0 Å². The quantitative estimate of drug-likeness (QED) is 0.664. The molecule has 0 atom stereocenters. The number of nitrogens with zero attached hydrogens (tertiary/aromatic N) is 6. The van der Waals surface area contributed by atoms with E-state index in [-0.39, 0.29) is 6.61 Å². The number of hydrogen-bond acceptors (Lipinski definition) is 8. The molecule has 0 aliphatic carbocycles. The Morgan fingerprint density at radius 2 is 1.62 bits per heavy atom. The summed E-state index contributed by atoms with van der Waals surface area (Å²) in [5.41, 5.74) is 0. The maximum Gasteiger partial charge on any atom is 0.253 e. The zero-order valence-electron chi connectivity index (χ0n) is 14.4. The molecule has 8 nitrogen and oxygen atoms in total. The molecule has 3 heterocycles. The summed E-state index contributed by atoms with van der Waals surface area (Å²) in [6.45, 7) is 4.47. The molecule has 3 aromatic rings. The lowest BCUT2D eigenvalue weighted by Gasteiger charge is -2.33. The Bertz CT molecular complexity index is 803. The van der Waals surface area contributed by atoms with E-state index in [1.54, 1.807) is 12.4 Å². The largest absolute Gasteiger partial charge is 0.484 e.